The van der Waals surface area contributed by atoms with E-state index in [0.29, 0.717) is 41.8 Å². The molecular weight excluding hydrogens is 356 g/mol. The number of aromatic nitrogens is 1. The molecule has 0 saturated carbocycles. The molecule has 0 bridgehead atoms. The molecule has 2 aromatic heterocycles. The summed E-state index contributed by atoms with van der Waals surface area (Å²) in [6, 6.07) is 3.61. The van der Waals surface area contributed by atoms with Gasteiger partial charge in [0.15, 0.2) is 10.8 Å². The molecule has 26 heavy (non-hydrogen) atoms. The van der Waals surface area contributed by atoms with Gasteiger partial charge in [-0.2, -0.15) is 0 Å². The lowest BCUT2D eigenvalue weighted by atomic mass is 9.84. The van der Waals surface area contributed by atoms with E-state index in [-0.39, 0.29) is 17.9 Å². The first-order valence-corrected chi connectivity index (χ1v) is 9.58. The number of likely N-dealkylation sites (tertiary alicyclic amines) is 1. The lowest BCUT2D eigenvalue weighted by molar-refractivity contribution is -0.145. The number of piperidine rings is 1. The molecule has 2 saturated heterocycles. The number of carboxylic acid groups (broad SMARTS) is 1. The Bertz CT molecular complexity index is 779. The Balaban J connectivity index is 1.37. The molecule has 138 valence electrons. The van der Waals surface area contributed by atoms with Gasteiger partial charge in [-0.1, -0.05) is 0 Å². The Morgan fingerprint density at radius 1 is 1.27 bits per heavy atom. The third kappa shape index (κ3) is 3.26. The number of carboxylic acids is 1. The Hall–Kier alpha value is -2.19. The molecule has 2 aliphatic rings. The van der Waals surface area contributed by atoms with Crippen molar-refractivity contribution in [1.29, 1.82) is 0 Å². The quantitative estimate of drug-likeness (QED) is 0.882. The van der Waals surface area contributed by atoms with Crippen molar-refractivity contribution in [3.05, 3.63) is 29.5 Å². The summed E-state index contributed by atoms with van der Waals surface area (Å²) in [6.07, 6.45) is 5.07. The van der Waals surface area contributed by atoms with E-state index in [1.165, 1.54) is 11.3 Å². The molecule has 1 unspecified atom stereocenters. The molecule has 2 atom stereocenters. The zero-order valence-electron chi connectivity index (χ0n) is 14.2. The highest BCUT2D eigenvalue weighted by Gasteiger charge is 2.40. The van der Waals surface area contributed by atoms with Crippen LogP contribution in [0.4, 0.5) is 0 Å². The summed E-state index contributed by atoms with van der Waals surface area (Å²) in [5.41, 5.74) is 0. The van der Waals surface area contributed by atoms with Crippen molar-refractivity contribution in [2.24, 2.45) is 11.8 Å². The number of hydrogen-bond acceptors (Lipinski definition) is 6. The topological polar surface area (TPSA) is 92.9 Å². The highest BCUT2D eigenvalue weighted by molar-refractivity contribution is 7.16. The summed E-state index contributed by atoms with van der Waals surface area (Å²) in [5, 5.41) is 10.0. The third-order valence-electron chi connectivity index (χ3n) is 5.19. The highest BCUT2D eigenvalue weighted by Crippen LogP contribution is 2.34. The molecule has 4 heterocycles. The van der Waals surface area contributed by atoms with E-state index in [1.54, 1.807) is 18.5 Å². The Morgan fingerprint density at radius 3 is 2.77 bits per heavy atom. The predicted octanol–water partition coefficient (Wildman–Crippen LogP) is 2.75. The first-order chi connectivity index (χ1) is 12.6. The molecule has 8 heteroatoms. The van der Waals surface area contributed by atoms with Crippen molar-refractivity contribution in [2.45, 2.75) is 25.4 Å². The van der Waals surface area contributed by atoms with Crippen molar-refractivity contribution < 1.29 is 23.8 Å². The van der Waals surface area contributed by atoms with Crippen LogP contribution in [0.15, 0.2) is 29.0 Å². The van der Waals surface area contributed by atoms with Crippen LogP contribution in [-0.4, -0.2) is 52.7 Å². The third-order valence-corrected chi connectivity index (χ3v) is 6.19. The number of ether oxygens (including phenoxy) is 1. The number of amides is 1. The monoisotopic (exact) mass is 376 g/mol. The predicted molar refractivity (Wildman–Crippen MR) is 93.9 cm³/mol. The van der Waals surface area contributed by atoms with E-state index in [0.717, 1.165) is 12.8 Å². The standard InChI is InChI=1S/C18H20N2O5S/c21-17(14-10-19-16(26-14)13-2-1-8-24-13)20-6-3-11(4-7-20)15-12(18(22)23)5-9-25-15/h1-2,8,10-12,15H,3-7,9H2,(H,22,23)/t12?,15-/m0/s1. The molecule has 4 rings (SSSR count). The van der Waals surface area contributed by atoms with Crippen molar-refractivity contribution >= 4 is 23.2 Å². The molecule has 1 N–H and O–H groups in total. The average Bonchev–Trinajstić information content (AvgIpc) is 3.42. The van der Waals surface area contributed by atoms with Gasteiger partial charge in [0.2, 0.25) is 0 Å². The van der Waals surface area contributed by atoms with Gasteiger partial charge in [0.1, 0.15) is 4.88 Å². The maximum atomic E-state index is 12.7. The summed E-state index contributed by atoms with van der Waals surface area (Å²) < 4.78 is 11.0. The van der Waals surface area contributed by atoms with E-state index >= 15 is 0 Å². The largest absolute Gasteiger partial charge is 0.481 e. The van der Waals surface area contributed by atoms with Gasteiger partial charge in [0.05, 0.1) is 24.5 Å². The second kappa shape index (κ2) is 7.20. The number of carbonyl (C=O) groups excluding carboxylic acids is 1. The number of thiazole rings is 1. The minimum absolute atomic E-state index is 0.0270. The van der Waals surface area contributed by atoms with Gasteiger partial charge < -0.3 is 19.2 Å². The fourth-order valence-electron chi connectivity index (χ4n) is 3.81. The van der Waals surface area contributed by atoms with Gasteiger partial charge in [-0.25, -0.2) is 4.98 Å². The van der Waals surface area contributed by atoms with Crippen LogP contribution in [0.5, 0.6) is 0 Å². The molecule has 2 aromatic rings. The van der Waals surface area contributed by atoms with Crippen molar-refractivity contribution in [2.75, 3.05) is 19.7 Å². The lowest BCUT2D eigenvalue weighted by Gasteiger charge is -2.35. The Kier molecular flexibility index (Phi) is 4.78. The molecule has 2 fully saturated rings. The second-order valence-electron chi connectivity index (χ2n) is 6.71. The average molecular weight is 376 g/mol. The molecule has 7 nitrogen and oxygen atoms in total. The minimum atomic E-state index is -0.777. The van der Waals surface area contributed by atoms with E-state index in [9.17, 15) is 14.7 Å². The van der Waals surface area contributed by atoms with Crippen LogP contribution in [0, 0.1) is 11.8 Å². The van der Waals surface area contributed by atoms with E-state index in [4.69, 9.17) is 9.15 Å². The number of aliphatic carboxylic acids is 1. The van der Waals surface area contributed by atoms with Crippen molar-refractivity contribution in [1.82, 2.24) is 9.88 Å². The number of carbonyl (C=O) groups is 2. The van der Waals surface area contributed by atoms with E-state index in [2.05, 4.69) is 4.98 Å². The van der Waals surface area contributed by atoms with E-state index < -0.39 is 11.9 Å². The number of furan rings is 1. The Morgan fingerprint density at radius 2 is 2.08 bits per heavy atom. The summed E-state index contributed by atoms with van der Waals surface area (Å²) in [7, 11) is 0. The van der Waals surface area contributed by atoms with Crippen LogP contribution in [-0.2, 0) is 9.53 Å². The van der Waals surface area contributed by atoms with Crippen molar-refractivity contribution in [3.63, 3.8) is 0 Å². The summed E-state index contributed by atoms with van der Waals surface area (Å²) in [6.45, 7) is 1.74. The maximum absolute atomic E-state index is 12.7. The van der Waals surface area contributed by atoms with Crippen molar-refractivity contribution in [3.8, 4) is 10.8 Å². The summed E-state index contributed by atoms with van der Waals surface area (Å²) in [5.74, 6) is -0.366. The van der Waals surface area contributed by atoms with Crippen LogP contribution < -0.4 is 0 Å². The van der Waals surface area contributed by atoms with Crippen LogP contribution in [0.2, 0.25) is 0 Å². The van der Waals surface area contributed by atoms with Gasteiger partial charge in [0, 0.05) is 19.7 Å². The van der Waals surface area contributed by atoms with Crippen LogP contribution >= 0.6 is 11.3 Å². The fourth-order valence-corrected chi connectivity index (χ4v) is 4.67. The maximum Gasteiger partial charge on any atom is 0.309 e. The Labute approximate surface area is 154 Å². The molecule has 0 radical (unpaired) electrons. The lowest BCUT2D eigenvalue weighted by Crippen LogP contribution is -2.43. The first-order valence-electron chi connectivity index (χ1n) is 8.77. The van der Waals surface area contributed by atoms with E-state index in [1.807, 2.05) is 11.0 Å². The number of hydrogen-bond donors (Lipinski definition) is 1. The zero-order valence-corrected chi connectivity index (χ0v) is 15.0. The molecule has 0 aromatic carbocycles. The number of nitrogens with zero attached hydrogens (tertiary/aromatic N) is 2. The zero-order chi connectivity index (χ0) is 18.1. The first kappa shape index (κ1) is 17.2. The fraction of sp³-hybridized carbons (Fsp3) is 0.500. The molecule has 0 aliphatic carbocycles. The van der Waals surface area contributed by atoms with Crippen LogP contribution in [0.3, 0.4) is 0 Å². The molecule has 0 spiro atoms. The normalized spacial score (nSPS) is 24.1. The molecule has 1 amide bonds. The summed E-state index contributed by atoms with van der Waals surface area (Å²) >= 11 is 1.32. The SMILES string of the molecule is O=C(O)C1CCO[C@H]1C1CCN(C(=O)c2cnc(-c3ccco3)s2)CC1. The van der Waals surface area contributed by atoms with Crippen LogP contribution in [0.1, 0.15) is 28.9 Å². The van der Waals surface area contributed by atoms with Gasteiger partial charge in [-0.05, 0) is 37.3 Å². The van der Waals surface area contributed by atoms with Crippen LogP contribution in [0.25, 0.3) is 10.8 Å². The smallest absolute Gasteiger partial charge is 0.309 e. The van der Waals surface area contributed by atoms with Gasteiger partial charge in [0.25, 0.3) is 5.91 Å². The number of rotatable bonds is 4. The molecular formula is C18H20N2O5S. The summed E-state index contributed by atoms with van der Waals surface area (Å²) in [4.78, 5) is 30.8. The van der Waals surface area contributed by atoms with Gasteiger partial charge in [-0.15, -0.1) is 11.3 Å². The minimum Gasteiger partial charge on any atom is -0.481 e. The highest BCUT2D eigenvalue weighted by atomic mass is 32.1. The van der Waals surface area contributed by atoms with Gasteiger partial charge in [-0.3, -0.25) is 9.59 Å². The molecule has 2 aliphatic heterocycles. The van der Waals surface area contributed by atoms with Gasteiger partial charge >= 0.3 is 5.97 Å². The second-order valence-corrected chi connectivity index (χ2v) is 7.74.